The number of aliphatic hydroxyl groups is 2. The highest BCUT2D eigenvalue weighted by Crippen LogP contribution is 2.35. The lowest BCUT2D eigenvalue weighted by Gasteiger charge is -2.30. The number of hydrogen-bond acceptors (Lipinski definition) is 2. The molecule has 78 valence electrons. The van der Waals surface area contributed by atoms with Gasteiger partial charge in [-0.3, -0.25) is 0 Å². The smallest absolute Gasteiger partial charge is 0.0841 e. The Morgan fingerprint density at radius 1 is 1.21 bits per heavy atom. The topological polar surface area (TPSA) is 40.5 Å². The van der Waals surface area contributed by atoms with Crippen LogP contribution in [0.5, 0.6) is 0 Å². The van der Waals surface area contributed by atoms with Gasteiger partial charge in [-0.2, -0.15) is 0 Å². The minimum atomic E-state index is -0.518. The van der Waals surface area contributed by atoms with E-state index in [1.165, 1.54) is 0 Å². The summed E-state index contributed by atoms with van der Waals surface area (Å²) in [5.41, 5.74) is 0.627. The van der Waals surface area contributed by atoms with Gasteiger partial charge in [-0.1, -0.05) is 44.2 Å². The van der Waals surface area contributed by atoms with Crippen molar-refractivity contribution in [2.24, 2.45) is 5.41 Å². The fourth-order valence-corrected chi connectivity index (χ4v) is 1.51. The first-order valence-electron chi connectivity index (χ1n) is 4.92. The summed E-state index contributed by atoms with van der Waals surface area (Å²) in [6.07, 6.45) is 0.0825. The first-order valence-corrected chi connectivity index (χ1v) is 4.92. The molecule has 1 rings (SSSR count). The van der Waals surface area contributed by atoms with Crippen molar-refractivity contribution in [2.75, 3.05) is 6.61 Å². The second kappa shape index (κ2) is 4.58. The van der Waals surface area contributed by atoms with Gasteiger partial charge in [0.15, 0.2) is 0 Å². The maximum atomic E-state index is 10.1. The lowest BCUT2D eigenvalue weighted by Crippen LogP contribution is -2.23. The van der Waals surface area contributed by atoms with Crippen LogP contribution in [0.4, 0.5) is 0 Å². The Bertz CT molecular complexity index is 267. The fourth-order valence-electron chi connectivity index (χ4n) is 1.51. The van der Waals surface area contributed by atoms with E-state index in [0.717, 1.165) is 5.56 Å². The summed E-state index contributed by atoms with van der Waals surface area (Å²) < 4.78 is 0. The van der Waals surface area contributed by atoms with Gasteiger partial charge in [0.2, 0.25) is 0 Å². The molecule has 0 aromatic heterocycles. The third-order valence-electron chi connectivity index (χ3n) is 2.61. The van der Waals surface area contributed by atoms with Gasteiger partial charge in [0.25, 0.3) is 0 Å². The molecular weight excluding hydrogens is 176 g/mol. The third-order valence-corrected chi connectivity index (χ3v) is 2.61. The predicted molar refractivity (Wildman–Crippen MR) is 56.9 cm³/mol. The van der Waals surface area contributed by atoms with Crippen LogP contribution < -0.4 is 0 Å². The second-order valence-electron chi connectivity index (χ2n) is 4.28. The van der Waals surface area contributed by atoms with E-state index in [9.17, 15) is 5.11 Å². The van der Waals surface area contributed by atoms with Gasteiger partial charge in [-0.25, -0.2) is 0 Å². The van der Waals surface area contributed by atoms with Crippen LogP contribution in [0.25, 0.3) is 0 Å². The molecule has 0 radical (unpaired) electrons. The molecule has 1 atom stereocenters. The standard InChI is InChI=1S/C12H18O2/c1-12(2,8-9-13)11(14)10-6-4-3-5-7-10/h3-7,11,13-14H,8-9H2,1-2H3/t11-/m1/s1. The summed E-state index contributed by atoms with van der Waals surface area (Å²) in [6.45, 7) is 4.03. The Kier molecular flexibility index (Phi) is 3.67. The Morgan fingerprint density at radius 2 is 1.79 bits per heavy atom. The first kappa shape index (κ1) is 11.2. The molecule has 14 heavy (non-hydrogen) atoms. The minimum absolute atomic E-state index is 0.108. The Balaban J connectivity index is 2.79. The van der Waals surface area contributed by atoms with Gasteiger partial charge in [0, 0.05) is 6.61 Å². The SMILES string of the molecule is CC(C)(CCO)[C@H](O)c1ccccc1. The van der Waals surface area contributed by atoms with Gasteiger partial charge in [-0.05, 0) is 17.4 Å². The molecular formula is C12H18O2. The zero-order valence-corrected chi connectivity index (χ0v) is 8.77. The summed E-state index contributed by atoms with van der Waals surface area (Å²) in [6, 6.07) is 9.56. The molecule has 0 unspecified atom stereocenters. The lowest BCUT2D eigenvalue weighted by atomic mass is 9.80. The van der Waals surface area contributed by atoms with Crippen LogP contribution >= 0.6 is 0 Å². The molecule has 1 aromatic carbocycles. The monoisotopic (exact) mass is 194 g/mol. The van der Waals surface area contributed by atoms with Crippen molar-refractivity contribution in [1.82, 2.24) is 0 Å². The molecule has 0 saturated heterocycles. The number of hydrogen-bond donors (Lipinski definition) is 2. The van der Waals surface area contributed by atoms with Gasteiger partial charge in [-0.15, -0.1) is 0 Å². The lowest BCUT2D eigenvalue weighted by molar-refractivity contribution is 0.0305. The molecule has 0 saturated carbocycles. The van der Waals surface area contributed by atoms with E-state index in [-0.39, 0.29) is 12.0 Å². The predicted octanol–water partition coefficient (Wildman–Crippen LogP) is 2.13. The summed E-state index contributed by atoms with van der Waals surface area (Å²) in [7, 11) is 0. The van der Waals surface area contributed by atoms with E-state index in [2.05, 4.69) is 0 Å². The molecule has 2 nitrogen and oxygen atoms in total. The van der Waals surface area contributed by atoms with Crippen LogP contribution in [0.3, 0.4) is 0 Å². The highest BCUT2D eigenvalue weighted by Gasteiger charge is 2.28. The molecule has 1 aromatic rings. The van der Waals surface area contributed by atoms with E-state index in [0.29, 0.717) is 6.42 Å². The fraction of sp³-hybridized carbons (Fsp3) is 0.500. The summed E-state index contributed by atoms with van der Waals surface area (Å²) in [5.74, 6) is 0. The van der Waals surface area contributed by atoms with E-state index in [1.807, 2.05) is 44.2 Å². The van der Waals surface area contributed by atoms with Crippen LogP contribution in [0.1, 0.15) is 31.9 Å². The van der Waals surface area contributed by atoms with E-state index >= 15 is 0 Å². The summed E-state index contributed by atoms with van der Waals surface area (Å²) in [4.78, 5) is 0. The second-order valence-corrected chi connectivity index (χ2v) is 4.28. The van der Waals surface area contributed by atoms with Crippen LogP contribution in [-0.4, -0.2) is 16.8 Å². The van der Waals surface area contributed by atoms with Gasteiger partial charge in [0.05, 0.1) is 6.10 Å². The highest BCUT2D eigenvalue weighted by molar-refractivity contribution is 5.19. The summed E-state index contributed by atoms with van der Waals surface area (Å²) in [5, 5.41) is 19.0. The van der Waals surface area contributed by atoms with Crippen LogP contribution in [-0.2, 0) is 0 Å². The van der Waals surface area contributed by atoms with Crippen molar-refractivity contribution in [3.8, 4) is 0 Å². The molecule has 0 fully saturated rings. The van der Waals surface area contributed by atoms with Crippen molar-refractivity contribution in [3.05, 3.63) is 35.9 Å². The van der Waals surface area contributed by atoms with E-state index < -0.39 is 6.10 Å². The Hall–Kier alpha value is -0.860. The van der Waals surface area contributed by atoms with E-state index in [1.54, 1.807) is 0 Å². The molecule has 2 heteroatoms. The van der Waals surface area contributed by atoms with Crippen molar-refractivity contribution in [3.63, 3.8) is 0 Å². The zero-order valence-electron chi connectivity index (χ0n) is 8.77. The number of aliphatic hydroxyl groups excluding tert-OH is 2. The van der Waals surface area contributed by atoms with Crippen LogP contribution in [0, 0.1) is 5.41 Å². The molecule has 0 aliphatic rings. The normalized spacial score (nSPS) is 14.0. The highest BCUT2D eigenvalue weighted by atomic mass is 16.3. The first-order chi connectivity index (χ1) is 6.58. The molecule has 0 aliphatic carbocycles. The van der Waals surface area contributed by atoms with Crippen molar-refractivity contribution in [1.29, 1.82) is 0 Å². The third kappa shape index (κ3) is 2.56. The largest absolute Gasteiger partial charge is 0.396 e. The molecule has 0 aliphatic heterocycles. The number of rotatable bonds is 4. The molecule has 2 N–H and O–H groups in total. The average molecular weight is 194 g/mol. The van der Waals surface area contributed by atoms with Gasteiger partial charge in [0.1, 0.15) is 0 Å². The zero-order chi connectivity index (χ0) is 10.6. The van der Waals surface area contributed by atoms with Crippen molar-refractivity contribution >= 4 is 0 Å². The maximum Gasteiger partial charge on any atom is 0.0841 e. The molecule has 0 spiro atoms. The molecule has 0 amide bonds. The molecule has 0 bridgehead atoms. The van der Waals surface area contributed by atoms with Gasteiger partial charge >= 0.3 is 0 Å². The van der Waals surface area contributed by atoms with Gasteiger partial charge < -0.3 is 10.2 Å². The van der Waals surface area contributed by atoms with E-state index in [4.69, 9.17) is 5.11 Å². The van der Waals surface area contributed by atoms with Crippen molar-refractivity contribution < 1.29 is 10.2 Å². The Morgan fingerprint density at radius 3 is 2.29 bits per heavy atom. The summed E-state index contributed by atoms with van der Waals surface area (Å²) >= 11 is 0. The van der Waals surface area contributed by atoms with Crippen LogP contribution in [0.2, 0.25) is 0 Å². The maximum absolute atomic E-state index is 10.1. The van der Waals surface area contributed by atoms with Crippen molar-refractivity contribution in [2.45, 2.75) is 26.4 Å². The quantitative estimate of drug-likeness (QED) is 0.770. The molecule has 0 heterocycles. The number of benzene rings is 1. The average Bonchev–Trinajstić information content (AvgIpc) is 2.18. The Labute approximate surface area is 85.2 Å². The van der Waals surface area contributed by atoms with Crippen LogP contribution in [0.15, 0.2) is 30.3 Å². The minimum Gasteiger partial charge on any atom is -0.396 e.